The Bertz CT molecular complexity index is 636. The van der Waals surface area contributed by atoms with Gasteiger partial charge in [0, 0.05) is 26.2 Å². The molecule has 0 aliphatic carbocycles. The van der Waals surface area contributed by atoms with E-state index in [0.717, 1.165) is 0 Å². The molecule has 0 radical (unpaired) electrons. The third-order valence-corrected chi connectivity index (χ3v) is 3.82. The standard InChI is InChI=1S/C19H29N3O5/c1-5-25-15-8-6-7-9-16(15)26-14-20-17(23)21-10-12-22(13-11-21)18(24)27-19(2,3)4/h6-9H,5,10-14H2,1-4H3,(H,20,23). The molecule has 1 heterocycles. The molecule has 0 bridgehead atoms. The molecular weight excluding hydrogens is 350 g/mol. The van der Waals surface area contributed by atoms with Crippen molar-refractivity contribution in [2.45, 2.75) is 33.3 Å². The molecule has 27 heavy (non-hydrogen) atoms. The van der Waals surface area contributed by atoms with Gasteiger partial charge in [0.05, 0.1) is 6.61 Å². The van der Waals surface area contributed by atoms with E-state index in [2.05, 4.69) is 5.32 Å². The fraction of sp³-hybridized carbons (Fsp3) is 0.579. The van der Waals surface area contributed by atoms with Crippen LogP contribution in [0.1, 0.15) is 27.7 Å². The van der Waals surface area contributed by atoms with Crippen LogP contribution in [0.2, 0.25) is 0 Å². The van der Waals surface area contributed by atoms with Gasteiger partial charge in [-0.05, 0) is 39.8 Å². The Kier molecular flexibility index (Phi) is 7.15. The minimum atomic E-state index is -0.527. The fourth-order valence-electron chi connectivity index (χ4n) is 2.55. The van der Waals surface area contributed by atoms with E-state index in [0.29, 0.717) is 44.3 Å². The summed E-state index contributed by atoms with van der Waals surface area (Å²) in [5, 5.41) is 2.73. The van der Waals surface area contributed by atoms with Crippen LogP contribution in [-0.4, -0.2) is 67.0 Å². The first-order valence-electron chi connectivity index (χ1n) is 9.15. The summed E-state index contributed by atoms with van der Waals surface area (Å²) in [5.74, 6) is 1.22. The summed E-state index contributed by atoms with van der Waals surface area (Å²) >= 11 is 0. The van der Waals surface area contributed by atoms with Crippen molar-refractivity contribution in [3.8, 4) is 11.5 Å². The van der Waals surface area contributed by atoms with Crippen LogP contribution >= 0.6 is 0 Å². The molecule has 0 aromatic heterocycles. The molecule has 2 rings (SSSR count). The number of hydrogen-bond acceptors (Lipinski definition) is 5. The molecule has 8 heteroatoms. The summed E-state index contributed by atoms with van der Waals surface area (Å²) in [6, 6.07) is 7.08. The first-order valence-corrected chi connectivity index (χ1v) is 9.15. The van der Waals surface area contributed by atoms with Gasteiger partial charge in [-0.1, -0.05) is 12.1 Å². The van der Waals surface area contributed by atoms with Gasteiger partial charge in [-0.3, -0.25) is 0 Å². The van der Waals surface area contributed by atoms with E-state index >= 15 is 0 Å². The van der Waals surface area contributed by atoms with E-state index in [4.69, 9.17) is 14.2 Å². The summed E-state index contributed by atoms with van der Waals surface area (Å²) in [6.07, 6.45) is -0.349. The average molecular weight is 379 g/mol. The summed E-state index contributed by atoms with van der Waals surface area (Å²) in [5.41, 5.74) is -0.527. The minimum absolute atomic E-state index is 0.0369. The molecular formula is C19H29N3O5. The number of nitrogens with one attached hydrogen (secondary N) is 1. The Morgan fingerprint density at radius 3 is 2.11 bits per heavy atom. The van der Waals surface area contributed by atoms with Gasteiger partial charge >= 0.3 is 12.1 Å². The Balaban J connectivity index is 1.74. The predicted molar refractivity (Wildman–Crippen MR) is 101 cm³/mol. The molecule has 3 amide bonds. The lowest BCUT2D eigenvalue weighted by atomic mass is 10.2. The molecule has 0 unspecified atom stereocenters. The fourth-order valence-corrected chi connectivity index (χ4v) is 2.55. The Morgan fingerprint density at radius 1 is 1.00 bits per heavy atom. The van der Waals surface area contributed by atoms with E-state index in [9.17, 15) is 9.59 Å². The Morgan fingerprint density at radius 2 is 1.56 bits per heavy atom. The smallest absolute Gasteiger partial charge is 0.410 e. The number of para-hydroxylation sites is 2. The molecule has 150 valence electrons. The normalized spacial score (nSPS) is 14.5. The molecule has 1 aromatic rings. The maximum Gasteiger partial charge on any atom is 0.410 e. The van der Waals surface area contributed by atoms with E-state index in [1.165, 1.54) is 0 Å². The van der Waals surface area contributed by atoms with Crippen LogP contribution in [0.25, 0.3) is 0 Å². The molecule has 1 aliphatic heterocycles. The van der Waals surface area contributed by atoms with Crippen LogP contribution in [0.5, 0.6) is 11.5 Å². The lowest BCUT2D eigenvalue weighted by Gasteiger charge is -2.35. The van der Waals surface area contributed by atoms with E-state index < -0.39 is 5.60 Å². The summed E-state index contributed by atoms with van der Waals surface area (Å²) < 4.78 is 16.4. The zero-order valence-electron chi connectivity index (χ0n) is 16.5. The van der Waals surface area contributed by atoms with Crippen LogP contribution in [0.3, 0.4) is 0 Å². The van der Waals surface area contributed by atoms with E-state index in [1.807, 2.05) is 45.9 Å². The van der Waals surface area contributed by atoms with Crippen molar-refractivity contribution in [3.05, 3.63) is 24.3 Å². The Labute approximate surface area is 160 Å². The summed E-state index contributed by atoms with van der Waals surface area (Å²) in [7, 11) is 0. The number of nitrogens with zero attached hydrogens (tertiary/aromatic N) is 2. The highest BCUT2D eigenvalue weighted by Gasteiger charge is 2.27. The van der Waals surface area contributed by atoms with Crippen LogP contribution in [0.15, 0.2) is 24.3 Å². The third-order valence-electron chi connectivity index (χ3n) is 3.82. The van der Waals surface area contributed by atoms with Crippen molar-refractivity contribution in [1.29, 1.82) is 0 Å². The molecule has 0 atom stereocenters. The van der Waals surface area contributed by atoms with Crippen molar-refractivity contribution < 1.29 is 23.8 Å². The van der Waals surface area contributed by atoms with E-state index in [1.54, 1.807) is 15.9 Å². The van der Waals surface area contributed by atoms with Gasteiger partial charge in [-0.25, -0.2) is 9.59 Å². The van der Waals surface area contributed by atoms with Crippen molar-refractivity contribution in [2.75, 3.05) is 39.5 Å². The summed E-state index contributed by atoms with van der Waals surface area (Å²) in [6.45, 7) is 9.74. The summed E-state index contributed by atoms with van der Waals surface area (Å²) in [4.78, 5) is 27.6. The highest BCUT2D eigenvalue weighted by Crippen LogP contribution is 2.25. The van der Waals surface area contributed by atoms with Gasteiger partial charge in [0.25, 0.3) is 0 Å². The number of benzene rings is 1. The molecule has 0 saturated carbocycles. The van der Waals surface area contributed by atoms with Gasteiger partial charge in [0.2, 0.25) is 0 Å². The number of hydrogen-bond donors (Lipinski definition) is 1. The monoisotopic (exact) mass is 379 g/mol. The average Bonchev–Trinajstić information content (AvgIpc) is 2.62. The minimum Gasteiger partial charge on any atom is -0.490 e. The van der Waals surface area contributed by atoms with Crippen molar-refractivity contribution >= 4 is 12.1 Å². The quantitative estimate of drug-likeness (QED) is 0.796. The van der Waals surface area contributed by atoms with Crippen molar-refractivity contribution in [2.24, 2.45) is 0 Å². The van der Waals surface area contributed by atoms with Crippen molar-refractivity contribution in [1.82, 2.24) is 15.1 Å². The zero-order valence-corrected chi connectivity index (χ0v) is 16.5. The maximum atomic E-state index is 12.3. The molecule has 1 aromatic carbocycles. The zero-order chi connectivity index (χ0) is 19.9. The SMILES string of the molecule is CCOc1ccccc1OCNC(=O)N1CCN(C(=O)OC(C)(C)C)CC1. The van der Waals surface area contributed by atoms with Crippen LogP contribution in [0, 0.1) is 0 Å². The first-order chi connectivity index (χ1) is 12.8. The third kappa shape index (κ3) is 6.54. The van der Waals surface area contributed by atoms with Gasteiger partial charge in [0.15, 0.2) is 18.2 Å². The second kappa shape index (κ2) is 9.34. The van der Waals surface area contributed by atoms with Crippen molar-refractivity contribution in [3.63, 3.8) is 0 Å². The first kappa shape index (κ1) is 20.7. The highest BCUT2D eigenvalue weighted by molar-refractivity contribution is 5.75. The van der Waals surface area contributed by atoms with Gasteiger partial charge < -0.3 is 29.3 Å². The number of amides is 3. The predicted octanol–water partition coefficient (Wildman–Crippen LogP) is 2.68. The number of piperazine rings is 1. The number of urea groups is 1. The second-order valence-corrected chi connectivity index (χ2v) is 7.10. The topological polar surface area (TPSA) is 80.3 Å². The maximum absolute atomic E-state index is 12.3. The second-order valence-electron chi connectivity index (χ2n) is 7.10. The number of carbonyl (C=O) groups is 2. The number of ether oxygens (including phenoxy) is 3. The lowest BCUT2D eigenvalue weighted by Crippen LogP contribution is -2.54. The van der Waals surface area contributed by atoms with Crippen LogP contribution in [0.4, 0.5) is 9.59 Å². The molecule has 1 fully saturated rings. The highest BCUT2D eigenvalue weighted by atomic mass is 16.6. The van der Waals surface area contributed by atoms with Crippen LogP contribution in [-0.2, 0) is 4.74 Å². The Hall–Kier alpha value is -2.64. The molecule has 1 aliphatic rings. The molecule has 0 spiro atoms. The number of rotatable bonds is 5. The lowest BCUT2D eigenvalue weighted by molar-refractivity contribution is 0.0168. The van der Waals surface area contributed by atoms with Gasteiger partial charge in [-0.15, -0.1) is 0 Å². The molecule has 1 N–H and O–H groups in total. The van der Waals surface area contributed by atoms with Gasteiger partial charge in [0.1, 0.15) is 5.60 Å². The largest absolute Gasteiger partial charge is 0.490 e. The van der Waals surface area contributed by atoms with E-state index in [-0.39, 0.29) is 18.9 Å². The molecule has 1 saturated heterocycles. The van der Waals surface area contributed by atoms with Gasteiger partial charge in [-0.2, -0.15) is 0 Å². The number of carbonyl (C=O) groups excluding carboxylic acids is 2. The van der Waals surface area contributed by atoms with Crippen LogP contribution < -0.4 is 14.8 Å². The molecule has 8 nitrogen and oxygen atoms in total.